The number of nitrogens with zero attached hydrogens (tertiary/aromatic N) is 2. The molecule has 0 aromatic heterocycles. The van der Waals surface area contributed by atoms with Crippen LogP contribution in [0.15, 0.2) is 53.4 Å². The van der Waals surface area contributed by atoms with Gasteiger partial charge in [0, 0.05) is 13.1 Å². The van der Waals surface area contributed by atoms with Crippen molar-refractivity contribution in [1.82, 2.24) is 4.31 Å². The second kappa shape index (κ2) is 8.13. The van der Waals surface area contributed by atoms with Crippen LogP contribution in [0.2, 0.25) is 0 Å². The van der Waals surface area contributed by atoms with Crippen molar-refractivity contribution in [1.29, 1.82) is 5.26 Å². The summed E-state index contributed by atoms with van der Waals surface area (Å²) in [6.07, 6.45) is 1.59. The molecule has 146 valence electrons. The van der Waals surface area contributed by atoms with E-state index in [0.717, 1.165) is 24.0 Å². The Morgan fingerprint density at radius 2 is 1.96 bits per heavy atom. The summed E-state index contributed by atoms with van der Waals surface area (Å²) in [6.45, 7) is 2.45. The van der Waals surface area contributed by atoms with Gasteiger partial charge in [-0.1, -0.05) is 24.3 Å². The summed E-state index contributed by atoms with van der Waals surface area (Å²) < 4.78 is 27.5. The van der Waals surface area contributed by atoms with Gasteiger partial charge in [0.1, 0.15) is 0 Å². The molecule has 2 aromatic carbocycles. The van der Waals surface area contributed by atoms with E-state index in [9.17, 15) is 18.3 Å². The molecule has 0 radical (unpaired) electrons. The van der Waals surface area contributed by atoms with Crippen LogP contribution in [0, 0.1) is 11.3 Å². The Hall–Kier alpha value is -2.69. The predicted octanol–water partition coefficient (Wildman–Crippen LogP) is 3.31. The molecular formula is C21H22N2O4S. The lowest BCUT2D eigenvalue weighted by Gasteiger charge is -2.32. The SMILES string of the molecule is CC(C(=O)O)c1cccc(C2CCCN(S(=O)(=O)c3ccc(C#N)cc3)C2)c1. The minimum Gasteiger partial charge on any atom is -0.481 e. The first-order chi connectivity index (χ1) is 13.3. The van der Waals surface area contributed by atoms with Gasteiger partial charge in [0.2, 0.25) is 10.0 Å². The molecule has 1 N–H and O–H groups in total. The summed E-state index contributed by atoms with van der Waals surface area (Å²) in [5.74, 6) is -1.48. The lowest BCUT2D eigenvalue weighted by Crippen LogP contribution is -2.39. The quantitative estimate of drug-likeness (QED) is 0.833. The summed E-state index contributed by atoms with van der Waals surface area (Å²) in [5.41, 5.74) is 2.10. The summed E-state index contributed by atoms with van der Waals surface area (Å²) >= 11 is 0. The number of piperidine rings is 1. The second-order valence-electron chi connectivity index (χ2n) is 7.07. The Morgan fingerprint density at radius 3 is 2.61 bits per heavy atom. The largest absolute Gasteiger partial charge is 0.481 e. The topological polar surface area (TPSA) is 98.5 Å². The van der Waals surface area contributed by atoms with Crippen molar-refractivity contribution in [2.24, 2.45) is 0 Å². The molecule has 0 saturated carbocycles. The summed E-state index contributed by atoms with van der Waals surface area (Å²) in [4.78, 5) is 11.4. The van der Waals surface area contributed by atoms with E-state index >= 15 is 0 Å². The zero-order chi connectivity index (χ0) is 20.3. The second-order valence-corrected chi connectivity index (χ2v) is 9.01. The Balaban J connectivity index is 1.83. The first-order valence-corrected chi connectivity index (χ1v) is 10.6. The first kappa shape index (κ1) is 20.1. The molecule has 1 aliphatic heterocycles. The Bertz CT molecular complexity index is 1010. The highest BCUT2D eigenvalue weighted by atomic mass is 32.2. The lowest BCUT2D eigenvalue weighted by molar-refractivity contribution is -0.138. The van der Waals surface area contributed by atoms with Crippen molar-refractivity contribution in [2.75, 3.05) is 13.1 Å². The molecule has 0 aliphatic carbocycles. The number of benzene rings is 2. The number of aliphatic carboxylic acids is 1. The average molecular weight is 398 g/mol. The van der Waals surface area contributed by atoms with Gasteiger partial charge in [-0.2, -0.15) is 9.57 Å². The summed E-state index contributed by atoms with van der Waals surface area (Å²) in [6, 6.07) is 15.4. The fourth-order valence-electron chi connectivity index (χ4n) is 3.51. The molecule has 7 heteroatoms. The fourth-order valence-corrected chi connectivity index (χ4v) is 5.03. The molecule has 0 bridgehead atoms. The van der Waals surface area contributed by atoms with Crippen LogP contribution in [0.4, 0.5) is 0 Å². The third-order valence-electron chi connectivity index (χ3n) is 5.26. The lowest BCUT2D eigenvalue weighted by atomic mass is 9.89. The van der Waals surface area contributed by atoms with Crippen LogP contribution < -0.4 is 0 Å². The molecule has 6 nitrogen and oxygen atoms in total. The minimum atomic E-state index is -3.64. The minimum absolute atomic E-state index is 0.0165. The molecule has 1 heterocycles. The fraction of sp³-hybridized carbons (Fsp3) is 0.333. The molecule has 28 heavy (non-hydrogen) atoms. The molecule has 1 aliphatic rings. The molecule has 0 spiro atoms. The zero-order valence-electron chi connectivity index (χ0n) is 15.6. The van der Waals surface area contributed by atoms with Crippen LogP contribution in [-0.4, -0.2) is 36.9 Å². The molecule has 3 rings (SSSR count). The van der Waals surface area contributed by atoms with Gasteiger partial charge in [0.25, 0.3) is 0 Å². The highest BCUT2D eigenvalue weighted by molar-refractivity contribution is 7.89. The van der Waals surface area contributed by atoms with Gasteiger partial charge in [-0.05, 0) is 61.1 Å². The number of sulfonamides is 1. The Kier molecular flexibility index (Phi) is 5.82. The molecule has 1 saturated heterocycles. The highest BCUT2D eigenvalue weighted by Crippen LogP contribution is 2.31. The normalized spacial score (nSPS) is 18.9. The van der Waals surface area contributed by atoms with E-state index in [1.165, 1.54) is 28.6 Å². The monoisotopic (exact) mass is 398 g/mol. The van der Waals surface area contributed by atoms with Gasteiger partial charge in [-0.15, -0.1) is 0 Å². The van der Waals surface area contributed by atoms with Gasteiger partial charge >= 0.3 is 5.97 Å². The van der Waals surface area contributed by atoms with Crippen LogP contribution in [0.5, 0.6) is 0 Å². The van der Waals surface area contributed by atoms with E-state index in [-0.39, 0.29) is 10.8 Å². The smallest absolute Gasteiger partial charge is 0.310 e. The van der Waals surface area contributed by atoms with Gasteiger partial charge < -0.3 is 5.11 Å². The van der Waals surface area contributed by atoms with Crippen molar-refractivity contribution < 1.29 is 18.3 Å². The number of carboxylic acid groups (broad SMARTS) is 1. The summed E-state index contributed by atoms with van der Waals surface area (Å²) in [7, 11) is -3.64. The third-order valence-corrected chi connectivity index (χ3v) is 7.14. The Labute approximate surface area is 165 Å². The van der Waals surface area contributed by atoms with E-state index in [1.807, 2.05) is 24.3 Å². The average Bonchev–Trinajstić information content (AvgIpc) is 2.73. The number of rotatable bonds is 5. The molecule has 0 amide bonds. The van der Waals surface area contributed by atoms with Crippen molar-refractivity contribution in [3.63, 3.8) is 0 Å². The highest BCUT2D eigenvalue weighted by Gasteiger charge is 2.31. The zero-order valence-corrected chi connectivity index (χ0v) is 16.4. The van der Waals surface area contributed by atoms with Crippen LogP contribution in [0.25, 0.3) is 0 Å². The van der Waals surface area contributed by atoms with E-state index in [2.05, 4.69) is 0 Å². The van der Waals surface area contributed by atoms with Gasteiger partial charge in [0.05, 0.1) is 22.4 Å². The van der Waals surface area contributed by atoms with E-state index in [4.69, 9.17) is 5.26 Å². The molecular weight excluding hydrogens is 376 g/mol. The van der Waals surface area contributed by atoms with Gasteiger partial charge in [-0.25, -0.2) is 8.42 Å². The Morgan fingerprint density at radius 1 is 1.25 bits per heavy atom. The predicted molar refractivity (Wildman–Crippen MR) is 104 cm³/mol. The molecule has 2 atom stereocenters. The standard InChI is InChI=1S/C21H22N2O4S/c1-15(21(24)25)17-4-2-5-18(12-17)19-6-3-11-23(14-19)28(26,27)20-9-7-16(13-22)8-10-20/h2,4-5,7-10,12,15,19H,3,6,11,14H2,1H3,(H,24,25). The van der Waals surface area contributed by atoms with E-state index in [0.29, 0.717) is 18.7 Å². The molecule has 1 fully saturated rings. The molecule has 2 unspecified atom stereocenters. The van der Waals surface area contributed by atoms with Crippen molar-refractivity contribution >= 4 is 16.0 Å². The van der Waals surface area contributed by atoms with E-state index in [1.54, 1.807) is 13.0 Å². The van der Waals surface area contributed by atoms with Gasteiger partial charge in [-0.3, -0.25) is 4.79 Å². The number of carboxylic acids is 1. The maximum Gasteiger partial charge on any atom is 0.310 e. The molecule has 2 aromatic rings. The first-order valence-electron chi connectivity index (χ1n) is 9.16. The number of carbonyl (C=O) groups is 1. The maximum atomic E-state index is 13.0. The van der Waals surface area contributed by atoms with Crippen LogP contribution >= 0.6 is 0 Å². The third kappa shape index (κ3) is 4.08. The number of hydrogen-bond acceptors (Lipinski definition) is 4. The maximum absolute atomic E-state index is 13.0. The van der Waals surface area contributed by atoms with Crippen molar-refractivity contribution in [3.8, 4) is 6.07 Å². The van der Waals surface area contributed by atoms with Gasteiger partial charge in [0.15, 0.2) is 0 Å². The summed E-state index contributed by atoms with van der Waals surface area (Å²) in [5, 5.41) is 18.1. The van der Waals surface area contributed by atoms with Crippen LogP contribution in [0.1, 0.15) is 48.3 Å². The number of nitriles is 1. The van der Waals surface area contributed by atoms with Crippen LogP contribution in [0.3, 0.4) is 0 Å². The van der Waals surface area contributed by atoms with E-state index < -0.39 is 21.9 Å². The van der Waals surface area contributed by atoms with Crippen molar-refractivity contribution in [2.45, 2.75) is 36.5 Å². The van der Waals surface area contributed by atoms with Crippen molar-refractivity contribution in [3.05, 3.63) is 65.2 Å². The number of hydrogen-bond donors (Lipinski definition) is 1. The van der Waals surface area contributed by atoms with Crippen LogP contribution in [-0.2, 0) is 14.8 Å².